The number of nitrogens with zero attached hydrogens (tertiary/aromatic N) is 1. The summed E-state index contributed by atoms with van der Waals surface area (Å²) in [6.07, 6.45) is 3.00. The van der Waals surface area contributed by atoms with E-state index in [1.165, 1.54) is 12.3 Å². The molecule has 1 N–H and O–H groups in total. The summed E-state index contributed by atoms with van der Waals surface area (Å²) in [4.78, 5) is 10.8. The Morgan fingerprint density at radius 2 is 2.42 bits per heavy atom. The van der Waals surface area contributed by atoms with Crippen molar-refractivity contribution >= 4 is 0 Å². The maximum Gasteiger partial charge on any atom is 0.223 e. The highest BCUT2D eigenvalue weighted by atomic mass is 16.5. The fourth-order valence-corrected chi connectivity index (χ4v) is 0.848. The number of aromatic nitrogens is 1. The minimum atomic E-state index is -0.358. The van der Waals surface area contributed by atoms with Crippen LogP contribution in [-0.2, 0) is 11.3 Å². The van der Waals surface area contributed by atoms with Gasteiger partial charge in [-0.3, -0.25) is 4.79 Å². The Morgan fingerprint density at radius 1 is 1.67 bits per heavy atom. The average Bonchev–Trinajstić information content (AvgIpc) is 2.07. The molecule has 0 aliphatic carbocycles. The molecule has 0 fully saturated rings. The van der Waals surface area contributed by atoms with Crippen LogP contribution in [0.4, 0.5) is 0 Å². The van der Waals surface area contributed by atoms with Crippen molar-refractivity contribution in [3.05, 3.63) is 28.7 Å². The average molecular weight is 169 g/mol. The predicted octanol–water partition coefficient (Wildman–Crippen LogP) is 0.200. The number of hydrogen-bond donors (Lipinski definition) is 1. The number of aromatic hydroxyl groups is 1. The Labute approximate surface area is 70.0 Å². The summed E-state index contributed by atoms with van der Waals surface area (Å²) in [6.45, 7) is 1.19. The molecule has 0 radical (unpaired) electrons. The predicted molar refractivity (Wildman–Crippen MR) is 44.2 cm³/mol. The van der Waals surface area contributed by atoms with Crippen molar-refractivity contribution in [3.63, 3.8) is 0 Å². The Hall–Kier alpha value is -1.29. The SMILES string of the molecule is COCCn1ccc(=O)c(O)c1. The number of rotatable bonds is 3. The van der Waals surface area contributed by atoms with E-state index in [1.807, 2.05) is 0 Å². The van der Waals surface area contributed by atoms with E-state index in [0.717, 1.165) is 0 Å². The summed E-state index contributed by atoms with van der Waals surface area (Å²) < 4.78 is 6.53. The highest BCUT2D eigenvalue weighted by molar-refractivity contribution is 5.14. The van der Waals surface area contributed by atoms with Crippen LogP contribution in [0.15, 0.2) is 23.3 Å². The molecule has 4 nitrogen and oxygen atoms in total. The van der Waals surface area contributed by atoms with Gasteiger partial charge in [0.15, 0.2) is 5.75 Å². The molecule has 0 unspecified atom stereocenters. The van der Waals surface area contributed by atoms with Gasteiger partial charge >= 0.3 is 0 Å². The molecule has 0 amide bonds. The molecular weight excluding hydrogens is 158 g/mol. The molecule has 1 aromatic heterocycles. The van der Waals surface area contributed by atoms with Crippen molar-refractivity contribution < 1.29 is 9.84 Å². The molecular formula is C8H11NO3. The van der Waals surface area contributed by atoms with Crippen molar-refractivity contribution in [2.24, 2.45) is 0 Å². The van der Waals surface area contributed by atoms with Gasteiger partial charge in [-0.2, -0.15) is 0 Å². The van der Waals surface area contributed by atoms with Crippen LogP contribution in [0, 0.1) is 0 Å². The van der Waals surface area contributed by atoms with E-state index in [9.17, 15) is 4.79 Å². The number of ether oxygens (including phenoxy) is 1. The third-order valence-electron chi connectivity index (χ3n) is 1.51. The molecule has 66 valence electrons. The minimum absolute atomic E-state index is 0.228. The highest BCUT2D eigenvalue weighted by Gasteiger charge is 1.95. The Kier molecular flexibility index (Phi) is 2.88. The second kappa shape index (κ2) is 3.92. The van der Waals surface area contributed by atoms with E-state index in [2.05, 4.69) is 0 Å². The molecule has 0 aromatic carbocycles. The first-order chi connectivity index (χ1) is 5.74. The van der Waals surface area contributed by atoms with Crippen molar-refractivity contribution in [1.82, 2.24) is 4.57 Å². The molecule has 0 saturated carbocycles. The molecule has 0 bridgehead atoms. The van der Waals surface area contributed by atoms with E-state index in [-0.39, 0.29) is 11.2 Å². The number of pyridine rings is 1. The van der Waals surface area contributed by atoms with Gasteiger partial charge in [-0.1, -0.05) is 0 Å². The van der Waals surface area contributed by atoms with Gasteiger partial charge in [0.2, 0.25) is 5.43 Å². The van der Waals surface area contributed by atoms with Crippen molar-refractivity contribution in [2.45, 2.75) is 6.54 Å². The zero-order chi connectivity index (χ0) is 8.97. The number of hydrogen-bond acceptors (Lipinski definition) is 3. The highest BCUT2D eigenvalue weighted by Crippen LogP contribution is 1.97. The van der Waals surface area contributed by atoms with E-state index in [1.54, 1.807) is 17.9 Å². The summed E-state index contributed by atoms with van der Waals surface area (Å²) in [5.74, 6) is -0.228. The summed E-state index contributed by atoms with van der Waals surface area (Å²) in [5.41, 5.74) is -0.358. The third-order valence-corrected chi connectivity index (χ3v) is 1.51. The van der Waals surface area contributed by atoms with Gasteiger partial charge in [-0.05, 0) is 0 Å². The molecule has 0 aliphatic heterocycles. The molecule has 0 atom stereocenters. The molecule has 0 aliphatic rings. The second-order valence-corrected chi connectivity index (χ2v) is 2.42. The summed E-state index contributed by atoms with van der Waals surface area (Å²) in [7, 11) is 1.60. The van der Waals surface area contributed by atoms with Crippen LogP contribution < -0.4 is 5.43 Å². The van der Waals surface area contributed by atoms with E-state index in [4.69, 9.17) is 9.84 Å². The lowest BCUT2D eigenvalue weighted by molar-refractivity contribution is 0.187. The van der Waals surface area contributed by atoms with Gasteiger partial charge in [0, 0.05) is 32.1 Å². The lowest BCUT2D eigenvalue weighted by atomic mass is 10.4. The van der Waals surface area contributed by atoms with E-state index in [0.29, 0.717) is 13.2 Å². The Bertz CT molecular complexity index is 305. The smallest absolute Gasteiger partial charge is 0.223 e. The van der Waals surface area contributed by atoms with Crippen LogP contribution in [0.5, 0.6) is 5.75 Å². The molecule has 0 spiro atoms. The van der Waals surface area contributed by atoms with Gasteiger partial charge in [-0.15, -0.1) is 0 Å². The summed E-state index contributed by atoms with van der Waals surface area (Å²) in [5, 5.41) is 9.03. The van der Waals surface area contributed by atoms with E-state index >= 15 is 0 Å². The largest absolute Gasteiger partial charge is 0.503 e. The first-order valence-corrected chi connectivity index (χ1v) is 3.62. The molecule has 12 heavy (non-hydrogen) atoms. The van der Waals surface area contributed by atoms with Crippen LogP contribution in [0.1, 0.15) is 0 Å². The molecule has 0 saturated heterocycles. The normalized spacial score (nSPS) is 10.1. The minimum Gasteiger partial charge on any atom is -0.503 e. The van der Waals surface area contributed by atoms with Crippen LogP contribution in [0.3, 0.4) is 0 Å². The first kappa shape index (κ1) is 8.80. The van der Waals surface area contributed by atoms with Crippen molar-refractivity contribution in [3.8, 4) is 5.75 Å². The molecule has 1 aromatic rings. The van der Waals surface area contributed by atoms with Gasteiger partial charge in [0.1, 0.15) is 0 Å². The monoisotopic (exact) mass is 169 g/mol. The zero-order valence-corrected chi connectivity index (χ0v) is 6.86. The fraction of sp³-hybridized carbons (Fsp3) is 0.375. The van der Waals surface area contributed by atoms with Gasteiger partial charge in [-0.25, -0.2) is 0 Å². The van der Waals surface area contributed by atoms with Crippen LogP contribution >= 0.6 is 0 Å². The maximum atomic E-state index is 10.8. The summed E-state index contributed by atoms with van der Waals surface area (Å²) in [6, 6.07) is 1.32. The van der Waals surface area contributed by atoms with Crippen molar-refractivity contribution in [1.29, 1.82) is 0 Å². The topological polar surface area (TPSA) is 51.5 Å². The first-order valence-electron chi connectivity index (χ1n) is 3.62. The second-order valence-electron chi connectivity index (χ2n) is 2.42. The quantitative estimate of drug-likeness (QED) is 0.703. The molecule has 1 rings (SSSR count). The van der Waals surface area contributed by atoms with E-state index < -0.39 is 0 Å². The lowest BCUT2D eigenvalue weighted by Gasteiger charge is -2.04. The molecule has 1 heterocycles. The van der Waals surface area contributed by atoms with Crippen LogP contribution in [0.2, 0.25) is 0 Å². The van der Waals surface area contributed by atoms with Crippen LogP contribution in [0.25, 0.3) is 0 Å². The lowest BCUT2D eigenvalue weighted by Crippen LogP contribution is -2.08. The Morgan fingerprint density at radius 3 is 3.00 bits per heavy atom. The zero-order valence-electron chi connectivity index (χ0n) is 6.86. The van der Waals surface area contributed by atoms with Gasteiger partial charge < -0.3 is 14.4 Å². The number of methoxy groups -OCH3 is 1. The molecule has 4 heteroatoms. The fourth-order valence-electron chi connectivity index (χ4n) is 0.848. The third kappa shape index (κ3) is 2.10. The van der Waals surface area contributed by atoms with Gasteiger partial charge in [0.05, 0.1) is 6.61 Å². The van der Waals surface area contributed by atoms with Gasteiger partial charge in [0.25, 0.3) is 0 Å². The Balaban J connectivity index is 2.75. The van der Waals surface area contributed by atoms with Crippen LogP contribution in [-0.4, -0.2) is 23.4 Å². The maximum absolute atomic E-state index is 10.8. The van der Waals surface area contributed by atoms with Crippen molar-refractivity contribution in [2.75, 3.05) is 13.7 Å². The summed E-state index contributed by atoms with van der Waals surface area (Å²) >= 11 is 0. The standard InChI is InChI=1S/C8H11NO3/c1-12-5-4-9-3-2-7(10)8(11)6-9/h2-3,6,11H,4-5H2,1H3.